The third kappa shape index (κ3) is 7.23. The van der Waals surface area contributed by atoms with Gasteiger partial charge in [0.1, 0.15) is 0 Å². The van der Waals surface area contributed by atoms with Crippen molar-refractivity contribution in [2.75, 3.05) is 13.1 Å². The van der Waals surface area contributed by atoms with Crippen molar-refractivity contribution < 1.29 is 9.59 Å². The van der Waals surface area contributed by atoms with Crippen LogP contribution in [0.4, 0.5) is 9.59 Å². The molecule has 8 nitrogen and oxygen atoms in total. The van der Waals surface area contributed by atoms with Crippen LogP contribution in [0.3, 0.4) is 0 Å². The first-order chi connectivity index (χ1) is 25.6. The van der Waals surface area contributed by atoms with Crippen LogP contribution in [-0.2, 0) is 0 Å². The van der Waals surface area contributed by atoms with E-state index in [0.29, 0.717) is 36.3 Å². The topological polar surface area (TPSA) is 88.7 Å². The molecule has 280 valence electrons. The number of nitrogens with one attached hydrogen (secondary N) is 4. The second kappa shape index (κ2) is 15.3. The molecule has 2 aromatic carbocycles. The number of hydrogen-bond acceptors (Lipinski definition) is 4. The minimum atomic E-state index is -0.00232. The fraction of sp³-hybridized carbons (Fsp3) is 0.682. The molecule has 0 radical (unpaired) electrons. The Balaban J connectivity index is 0.618. The zero-order valence-corrected chi connectivity index (χ0v) is 31.2. The zero-order valence-electron chi connectivity index (χ0n) is 31.2. The molecule has 8 heteroatoms. The van der Waals surface area contributed by atoms with Crippen molar-refractivity contribution >= 4 is 12.1 Å². The van der Waals surface area contributed by atoms with E-state index in [1.165, 1.54) is 77.3 Å². The minimum absolute atomic E-state index is 0.00232. The number of urea groups is 2. The normalized spacial score (nSPS) is 35.2. The number of rotatable bonds is 10. The van der Waals surface area contributed by atoms with Crippen molar-refractivity contribution in [2.24, 2.45) is 11.8 Å². The Labute approximate surface area is 311 Å². The van der Waals surface area contributed by atoms with Gasteiger partial charge in [-0.05, 0) is 163 Å². The van der Waals surface area contributed by atoms with E-state index in [9.17, 15) is 9.59 Å². The van der Waals surface area contributed by atoms with Crippen molar-refractivity contribution in [2.45, 2.75) is 164 Å². The van der Waals surface area contributed by atoms with Crippen molar-refractivity contribution in [1.29, 1.82) is 0 Å². The second-order valence-corrected chi connectivity index (χ2v) is 17.7. The standard InChI is InChI=1S/C44H62N6O2/c51-43(45-31-13-9-29(10-14-31)25-27-49-39-21-22-40(49)36-6-2-1-5-35(36)39)47-33-17-19-34(20-18-33)48-44(52)46-32-15-11-30(12-16-32)26-28-50-41-23-24-42(50)38-8-4-3-7-37(38)41/h1-8,29-34,39-42H,9-28H2,(H2,45,47,51)(H2,46,48,52). The molecule has 3 aliphatic carbocycles. The van der Waals surface area contributed by atoms with Gasteiger partial charge in [0.15, 0.2) is 0 Å². The monoisotopic (exact) mass is 706 g/mol. The average Bonchev–Trinajstić information content (AvgIpc) is 3.93. The molecule has 2 saturated heterocycles. The molecule has 9 rings (SSSR count). The van der Waals surface area contributed by atoms with Gasteiger partial charge in [0.05, 0.1) is 0 Å². The van der Waals surface area contributed by atoms with E-state index in [1.54, 1.807) is 22.3 Å². The molecule has 5 fully saturated rings. The highest BCUT2D eigenvalue weighted by Gasteiger charge is 2.44. The Bertz CT molecular complexity index is 1380. The maximum absolute atomic E-state index is 12.9. The van der Waals surface area contributed by atoms with Gasteiger partial charge in [-0.25, -0.2) is 9.59 Å². The summed E-state index contributed by atoms with van der Waals surface area (Å²) in [5.41, 5.74) is 6.33. The van der Waals surface area contributed by atoms with Gasteiger partial charge in [0, 0.05) is 48.3 Å². The Kier molecular flexibility index (Phi) is 10.2. The predicted molar refractivity (Wildman–Crippen MR) is 206 cm³/mol. The summed E-state index contributed by atoms with van der Waals surface area (Å²) >= 11 is 0. The van der Waals surface area contributed by atoms with E-state index in [2.05, 4.69) is 79.6 Å². The van der Waals surface area contributed by atoms with Crippen molar-refractivity contribution in [1.82, 2.24) is 31.1 Å². The fourth-order valence-electron chi connectivity index (χ4n) is 12.0. The largest absolute Gasteiger partial charge is 0.335 e. The Hall–Kier alpha value is -3.10. The molecule has 4 unspecified atom stereocenters. The summed E-state index contributed by atoms with van der Waals surface area (Å²) < 4.78 is 0. The molecule has 2 aromatic rings. The second-order valence-electron chi connectivity index (χ2n) is 17.7. The van der Waals surface area contributed by atoms with E-state index in [0.717, 1.165) is 63.2 Å². The van der Waals surface area contributed by atoms with Crippen LogP contribution in [-0.4, -0.2) is 59.1 Å². The molecular formula is C44H62N6O2. The molecule has 4 amide bonds. The van der Waals surface area contributed by atoms with Crippen molar-refractivity contribution in [3.8, 4) is 0 Å². The van der Waals surface area contributed by atoms with Crippen LogP contribution in [0, 0.1) is 11.8 Å². The number of benzene rings is 2. The van der Waals surface area contributed by atoms with E-state index in [-0.39, 0.29) is 24.1 Å². The van der Waals surface area contributed by atoms with Crippen LogP contribution in [0.15, 0.2) is 48.5 Å². The van der Waals surface area contributed by atoms with Gasteiger partial charge >= 0.3 is 12.1 Å². The smallest absolute Gasteiger partial charge is 0.315 e. The van der Waals surface area contributed by atoms with Gasteiger partial charge in [-0.2, -0.15) is 0 Å². The van der Waals surface area contributed by atoms with Crippen LogP contribution < -0.4 is 21.3 Å². The lowest BCUT2D eigenvalue weighted by molar-refractivity contribution is 0.183. The van der Waals surface area contributed by atoms with Gasteiger partial charge < -0.3 is 21.3 Å². The molecule has 4 aliphatic heterocycles. The van der Waals surface area contributed by atoms with Gasteiger partial charge in [-0.3, -0.25) is 9.80 Å². The highest BCUT2D eigenvalue weighted by molar-refractivity contribution is 5.75. The van der Waals surface area contributed by atoms with Crippen molar-refractivity contribution in [3.05, 3.63) is 70.8 Å². The van der Waals surface area contributed by atoms with Crippen LogP contribution in [0.2, 0.25) is 0 Å². The maximum atomic E-state index is 12.9. The van der Waals surface area contributed by atoms with Gasteiger partial charge in [0.2, 0.25) is 0 Å². The summed E-state index contributed by atoms with van der Waals surface area (Å²) in [7, 11) is 0. The maximum Gasteiger partial charge on any atom is 0.315 e. The Morgan fingerprint density at radius 3 is 0.981 bits per heavy atom. The highest BCUT2D eigenvalue weighted by Crippen LogP contribution is 2.54. The molecule has 4 atom stereocenters. The molecule has 0 spiro atoms. The molecular weight excluding hydrogens is 645 g/mol. The third-order valence-corrected chi connectivity index (χ3v) is 14.8. The Morgan fingerprint density at radius 2 is 0.692 bits per heavy atom. The first-order valence-electron chi connectivity index (χ1n) is 21.4. The lowest BCUT2D eigenvalue weighted by Crippen LogP contribution is -2.51. The van der Waals surface area contributed by atoms with Gasteiger partial charge in [-0.15, -0.1) is 0 Å². The van der Waals surface area contributed by atoms with Crippen LogP contribution in [0.5, 0.6) is 0 Å². The van der Waals surface area contributed by atoms with Crippen molar-refractivity contribution in [3.63, 3.8) is 0 Å². The lowest BCUT2D eigenvalue weighted by Gasteiger charge is -2.33. The average molecular weight is 707 g/mol. The Morgan fingerprint density at radius 1 is 0.423 bits per heavy atom. The number of hydrogen-bond donors (Lipinski definition) is 4. The molecule has 4 bridgehead atoms. The SMILES string of the molecule is O=C(NC1CCC(CCN2C3CCC2c2ccccc23)CC1)NC1CCC(NC(=O)NC2CCC(CCN3C4CCC3c3ccccc34)CC2)CC1. The van der Waals surface area contributed by atoms with Crippen LogP contribution in [0.1, 0.15) is 162 Å². The summed E-state index contributed by atoms with van der Waals surface area (Å²) in [6.07, 6.45) is 20.8. The molecule has 7 aliphatic rings. The summed E-state index contributed by atoms with van der Waals surface area (Å²) in [5.74, 6) is 1.55. The summed E-state index contributed by atoms with van der Waals surface area (Å²) in [6.45, 7) is 2.42. The third-order valence-electron chi connectivity index (χ3n) is 14.8. The minimum Gasteiger partial charge on any atom is -0.335 e. The zero-order chi connectivity index (χ0) is 35.0. The van der Waals surface area contributed by atoms with E-state index >= 15 is 0 Å². The number of carbonyl (C=O) groups is 2. The van der Waals surface area contributed by atoms with Gasteiger partial charge in [-0.1, -0.05) is 48.5 Å². The molecule has 4 N–H and O–H groups in total. The highest BCUT2D eigenvalue weighted by atomic mass is 16.2. The van der Waals surface area contributed by atoms with Gasteiger partial charge in [0.25, 0.3) is 0 Å². The summed E-state index contributed by atoms with van der Waals surface area (Å²) in [6, 6.07) is 21.7. The van der Waals surface area contributed by atoms with E-state index in [4.69, 9.17) is 0 Å². The summed E-state index contributed by atoms with van der Waals surface area (Å²) in [5, 5.41) is 13.1. The number of carbonyl (C=O) groups excluding carboxylic acids is 2. The quantitative estimate of drug-likeness (QED) is 0.199. The molecule has 52 heavy (non-hydrogen) atoms. The van der Waals surface area contributed by atoms with Crippen LogP contribution in [0.25, 0.3) is 0 Å². The number of nitrogens with zero attached hydrogens (tertiary/aromatic N) is 2. The molecule has 4 heterocycles. The number of amides is 4. The van der Waals surface area contributed by atoms with Crippen LogP contribution >= 0.6 is 0 Å². The fourth-order valence-corrected chi connectivity index (χ4v) is 12.0. The number of fused-ring (bicyclic) bond motifs is 10. The predicted octanol–water partition coefficient (Wildman–Crippen LogP) is 8.58. The van der Waals surface area contributed by atoms with E-state index in [1.807, 2.05) is 0 Å². The lowest BCUT2D eigenvalue weighted by atomic mass is 9.84. The summed E-state index contributed by atoms with van der Waals surface area (Å²) in [4.78, 5) is 31.4. The molecule has 0 aromatic heterocycles. The first-order valence-corrected chi connectivity index (χ1v) is 21.4. The van der Waals surface area contributed by atoms with E-state index < -0.39 is 0 Å². The first kappa shape index (κ1) is 34.7. The molecule has 3 saturated carbocycles.